The maximum Gasteiger partial charge on any atom is 0.328 e. The third-order valence-corrected chi connectivity index (χ3v) is 3.37. The van der Waals surface area contributed by atoms with Crippen molar-refractivity contribution >= 4 is 11.6 Å². The third kappa shape index (κ3) is 3.20. The second-order valence-corrected chi connectivity index (χ2v) is 4.77. The lowest BCUT2D eigenvalue weighted by molar-refractivity contribution is 0.364. The number of piperidine rings is 1. The van der Waals surface area contributed by atoms with Crippen molar-refractivity contribution in [3.63, 3.8) is 0 Å². The number of nitrogens with zero attached hydrogens (tertiary/aromatic N) is 1. The van der Waals surface area contributed by atoms with Crippen LogP contribution in [0.25, 0.3) is 0 Å². The summed E-state index contributed by atoms with van der Waals surface area (Å²) in [7, 11) is 0. The summed E-state index contributed by atoms with van der Waals surface area (Å²) in [6.45, 7) is 1.62. The second kappa shape index (κ2) is 5.51. The maximum atomic E-state index is 11.5. The van der Waals surface area contributed by atoms with Crippen LogP contribution in [-0.4, -0.2) is 22.1 Å². The summed E-state index contributed by atoms with van der Waals surface area (Å²) >= 11 is 5.69. The zero-order chi connectivity index (χ0) is 12.3. The molecule has 1 fully saturated rings. The molecule has 1 aliphatic heterocycles. The summed E-state index contributed by atoms with van der Waals surface area (Å²) in [6.07, 6.45) is 5.89. The van der Waals surface area contributed by atoms with E-state index in [0.717, 1.165) is 19.4 Å². The third-order valence-electron chi connectivity index (χ3n) is 3.10. The minimum Gasteiger partial charge on any atom is -0.314 e. The Kier molecular flexibility index (Phi) is 4.02. The van der Waals surface area contributed by atoms with E-state index < -0.39 is 11.2 Å². The van der Waals surface area contributed by atoms with Crippen molar-refractivity contribution < 1.29 is 0 Å². The first-order valence-electron chi connectivity index (χ1n) is 5.89. The van der Waals surface area contributed by atoms with Crippen LogP contribution in [0.15, 0.2) is 15.8 Å². The van der Waals surface area contributed by atoms with E-state index in [2.05, 4.69) is 10.3 Å². The smallest absolute Gasteiger partial charge is 0.314 e. The van der Waals surface area contributed by atoms with Gasteiger partial charge in [-0.15, -0.1) is 0 Å². The highest BCUT2D eigenvalue weighted by Gasteiger charge is 2.12. The van der Waals surface area contributed by atoms with Gasteiger partial charge < -0.3 is 5.32 Å². The Morgan fingerprint density at radius 2 is 2.24 bits per heavy atom. The molecule has 1 atom stereocenters. The molecule has 5 nitrogen and oxygen atoms in total. The van der Waals surface area contributed by atoms with Crippen LogP contribution in [0.1, 0.15) is 25.7 Å². The molecule has 94 valence electrons. The van der Waals surface area contributed by atoms with Crippen LogP contribution >= 0.6 is 11.6 Å². The molecule has 6 heteroatoms. The molecule has 1 aliphatic rings. The molecule has 1 saturated heterocycles. The average molecular weight is 258 g/mol. The van der Waals surface area contributed by atoms with Crippen molar-refractivity contribution in [3.8, 4) is 0 Å². The fraction of sp³-hybridized carbons (Fsp3) is 0.636. The van der Waals surface area contributed by atoms with Gasteiger partial charge in [0.05, 0.1) is 0 Å². The fourth-order valence-electron chi connectivity index (χ4n) is 2.11. The molecule has 0 spiro atoms. The molecule has 0 saturated carbocycles. The molecule has 1 aromatic rings. The Balaban J connectivity index is 2.01. The van der Waals surface area contributed by atoms with Gasteiger partial charge >= 0.3 is 5.69 Å². The van der Waals surface area contributed by atoms with Gasteiger partial charge in [0.2, 0.25) is 0 Å². The minimum absolute atomic E-state index is 0.0567. The van der Waals surface area contributed by atoms with E-state index in [4.69, 9.17) is 11.6 Å². The lowest BCUT2D eigenvalue weighted by atomic mass is 10.0. The van der Waals surface area contributed by atoms with Gasteiger partial charge in [-0.05, 0) is 25.8 Å². The van der Waals surface area contributed by atoms with Crippen LogP contribution in [-0.2, 0) is 6.54 Å². The van der Waals surface area contributed by atoms with Gasteiger partial charge in [0.1, 0.15) is 5.02 Å². The summed E-state index contributed by atoms with van der Waals surface area (Å²) in [4.78, 5) is 24.8. The molecule has 0 aromatic carbocycles. The van der Waals surface area contributed by atoms with Crippen molar-refractivity contribution in [2.24, 2.45) is 0 Å². The highest BCUT2D eigenvalue weighted by molar-refractivity contribution is 6.30. The van der Waals surface area contributed by atoms with E-state index >= 15 is 0 Å². The Labute approximate surface area is 104 Å². The van der Waals surface area contributed by atoms with Crippen LogP contribution in [0.2, 0.25) is 5.02 Å². The van der Waals surface area contributed by atoms with Crippen molar-refractivity contribution in [2.75, 3.05) is 6.54 Å². The highest BCUT2D eigenvalue weighted by Crippen LogP contribution is 2.10. The lowest BCUT2D eigenvalue weighted by Crippen LogP contribution is -2.36. The number of H-pyrrole nitrogens is 1. The van der Waals surface area contributed by atoms with E-state index in [-0.39, 0.29) is 5.02 Å². The first-order chi connectivity index (χ1) is 8.16. The molecule has 0 radical (unpaired) electrons. The number of aromatic nitrogens is 2. The lowest BCUT2D eigenvalue weighted by Gasteiger charge is -2.23. The molecule has 2 rings (SSSR count). The predicted octanol–water partition coefficient (Wildman–Crippen LogP) is 0.722. The monoisotopic (exact) mass is 257 g/mol. The number of rotatable bonds is 3. The SMILES string of the molecule is O=c1[nH]c(=O)n(CCC2CCCCN2)cc1Cl. The molecular weight excluding hydrogens is 242 g/mol. The number of aryl methyl sites for hydroxylation is 1. The first-order valence-corrected chi connectivity index (χ1v) is 6.27. The van der Waals surface area contributed by atoms with Crippen LogP contribution in [0.5, 0.6) is 0 Å². The van der Waals surface area contributed by atoms with E-state index in [1.54, 1.807) is 0 Å². The van der Waals surface area contributed by atoms with Crippen LogP contribution in [0.4, 0.5) is 0 Å². The summed E-state index contributed by atoms with van der Waals surface area (Å²) < 4.78 is 1.46. The summed E-state index contributed by atoms with van der Waals surface area (Å²) in [5.74, 6) is 0. The van der Waals surface area contributed by atoms with Crippen LogP contribution in [0.3, 0.4) is 0 Å². The van der Waals surface area contributed by atoms with Gasteiger partial charge in [-0.1, -0.05) is 18.0 Å². The van der Waals surface area contributed by atoms with Crippen molar-refractivity contribution in [1.82, 2.24) is 14.9 Å². The Bertz CT molecular complexity index is 488. The highest BCUT2D eigenvalue weighted by atomic mass is 35.5. The van der Waals surface area contributed by atoms with Gasteiger partial charge in [-0.2, -0.15) is 0 Å². The number of nitrogens with one attached hydrogen (secondary N) is 2. The molecule has 1 aromatic heterocycles. The van der Waals surface area contributed by atoms with E-state index in [1.165, 1.54) is 23.6 Å². The fourth-order valence-corrected chi connectivity index (χ4v) is 2.28. The average Bonchev–Trinajstić information content (AvgIpc) is 2.33. The van der Waals surface area contributed by atoms with E-state index in [0.29, 0.717) is 12.6 Å². The predicted molar refractivity (Wildman–Crippen MR) is 66.6 cm³/mol. The standard InChI is InChI=1S/C11H16ClN3O2/c12-9-7-15(11(17)14-10(9)16)6-4-8-3-1-2-5-13-8/h7-8,13H,1-6H2,(H,14,16,17). The molecule has 1 unspecified atom stereocenters. The van der Waals surface area contributed by atoms with Gasteiger partial charge in [-0.3, -0.25) is 14.3 Å². The largest absolute Gasteiger partial charge is 0.328 e. The van der Waals surface area contributed by atoms with Crippen molar-refractivity contribution in [3.05, 3.63) is 32.1 Å². The minimum atomic E-state index is -0.524. The topological polar surface area (TPSA) is 66.9 Å². The zero-order valence-electron chi connectivity index (χ0n) is 9.54. The number of halogens is 1. The van der Waals surface area contributed by atoms with Gasteiger partial charge in [-0.25, -0.2) is 4.79 Å². The molecule has 0 aliphatic carbocycles. The van der Waals surface area contributed by atoms with Crippen molar-refractivity contribution in [1.29, 1.82) is 0 Å². The molecule has 0 amide bonds. The van der Waals surface area contributed by atoms with Gasteiger partial charge in [0.15, 0.2) is 0 Å². The summed E-state index contributed by atoms with van der Waals surface area (Å²) in [5, 5.41) is 3.47. The van der Waals surface area contributed by atoms with Crippen LogP contribution < -0.4 is 16.6 Å². The van der Waals surface area contributed by atoms with Gasteiger partial charge in [0, 0.05) is 18.8 Å². The summed E-state index contributed by atoms with van der Waals surface area (Å²) in [5.41, 5.74) is -0.918. The number of hydrogen-bond donors (Lipinski definition) is 2. The van der Waals surface area contributed by atoms with Crippen molar-refractivity contribution in [2.45, 2.75) is 38.3 Å². The van der Waals surface area contributed by atoms with Gasteiger partial charge in [0.25, 0.3) is 5.56 Å². The molecule has 2 heterocycles. The number of hydrogen-bond acceptors (Lipinski definition) is 3. The Morgan fingerprint density at radius 3 is 2.94 bits per heavy atom. The quantitative estimate of drug-likeness (QED) is 0.839. The molecule has 0 bridgehead atoms. The van der Waals surface area contributed by atoms with E-state index in [9.17, 15) is 9.59 Å². The van der Waals surface area contributed by atoms with Crippen LogP contribution in [0, 0.1) is 0 Å². The summed E-state index contributed by atoms with van der Waals surface area (Å²) in [6, 6.07) is 0.460. The Hall–Kier alpha value is -1.07. The molecular formula is C11H16ClN3O2. The molecule has 17 heavy (non-hydrogen) atoms. The second-order valence-electron chi connectivity index (χ2n) is 4.37. The zero-order valence-corrected chi connectivity index (χ0v) is 10.3. The first kappa shape index (κ1) is 12.4. The van der Waals surface area contributed by atoms with E-state index in [1.807, 2.05) is 0 Å². The molecule has 2 N–H and O–H groups in total. The normalized spacial score (nSPS) is 20.4. The Morgan fingerprint density at radius 1 is 1.41 bits per heavy atom. The maximum absolute atomic E-state index is 11.5. The number of aromatic amines is 1.